The molecule has 1 aromatic carbocycles. The van der Waals surface area contributed by atoms with Gasteiger partial charge in [0.15, 0.2) is 6.29 Å². The number of aryl methyl sites for hydroxylation is 2. The van der Waals surface area contributed by atoms with Crippen LogP contribution in [0.1, 0.15) is 23.6 Å². The fraction of sp³-hybridized carbons (Fsp3) is 0.364. The third-order valence-electron chi connectivity index (χ3n) is 2.32. The van der Waals surface area contributed by atoms with Crippen molar-refractivity contribution in [3.05, 3.63) is 34.9 Å². The SMILES string of the molecule is Cc1ccc(C(C)(O)C=O)cc1C. The van der Waals surface area contributed by atoms with Crippen LogP contribution in [0.2, 0.25) is 0 Å². The molecule has 0 saturated carbocycles. The Morgan fingerprint density at radius 2 is 1.92 bits per heavy atom. The van der Waals surface area contributed by atoms with E-state index in [4.69, 9.17) is 0 Å². The van der Waals surface area contributed by atoms with Gasteiger partial charge >= 0.3 is 0 Å². The van der Waals surface area contributed by atoms with Gasteiger partial charge in [0, 0.05) is 0 Å². The molecule has 1 atom stereocenters. The van der Waals surface area contributed by atoms with Gasteiger partial charge < -0.3 is 5.11 Å². The first kappa shape index (κ1) is 9.93. The van der Waals surface area contributed by atoms with Gasteiger partial charge in [0.2, 0.25) is 0 Å². The average molecular weight is 178 g/mol. The van der Waals surface area contributed by atoms with Crippen LogP contribution in [0.15, 0.2) is 18.2 Å². The zero-order valence-electron chi connectivity index (χ0n) is 8.16. The van der Waals surface area contributed by atoms with E-state index in [9.17, 15) is 9.90 Å². The normalized spacial score (nSPS) is 15.1. The molecule has 70 valence electrons. The van der Waals surface area contributed by atoms with Crippen molar-refractivity contribution < 1.29 is 9.90 Å². The number of benzene rings is 1. The van der Waals surface area contributed by atoms with Crippen LogP contribution < -0.4 is 0 Å². The van der Waals surface area contributed by atoms with Crippen molar-refractivity contribution in [2.24, 2.45) is 0 Å². The van der Waals surface area contributed by atoms with Crippen molar-refractivity contribution >= 4 is 6.29 Å². The van der Waals surface area contributed by atoms with E-state index >= 15 is 0 Å². The first-order valence-electron chi connectivity index (χ1n) is 4.24. The second-order valence-electron chi connectivity index (χ2n) is 3.56. The number of aliphatic hydroxyl groups is 1. The molecule has 1 rings (SSSR count). The van der Waals surface area contributed by atoms with Gasteiger partial charge in [0.25, 0.3) is 0 Å². The molecule has 0 fully saturated rings. The highest BCUT2D eigenvalue weighted by Gasteiger charge is 2.21. The lowest BCUT2D eigenvalue weighted by molar-refractivity contribution is -0.123. The number of carbonyl (C=O) groups is 1. The standard InChI is InChI=1S/C11H14O2/c1-8-4-5-10(6-9(8)2)11(3,13)7-12/h4-7,13H,1-3H3. The lowest BCUT2D eigenvalue weighted by Gasteiger charge is -2.17. The zero-order chi connectivity index (χ0) is 10.1. The van der Waals surface area contributed by atoms with Crippen LogP contribution in [0, 0.1) is 13.8 Å². The molecule has 1 N–H and O–H groups in total. The Kier molecular flexibility index (Phi) is 2.52. The summed E-state index contributed by atoms with van der Waals surface area (Å²) in [6, 6.07) is 5.52. The van der Waals surface area contributed by atoms with E-state index < -0.39 is 5.60 Å². The van der Waals surface area contributed by atoms with Crippen molar-refractivity contribution in [1.82, 2.24) is 0 Å². The van der Waals surface area contributed by atoms with Gasteiger partial charge in [-0.05, 0) is 37.5 Å². The highest BCUT2D eigenvalue weighted by Crippen LogP contribution is 2.20. The molecule has 1 aromatic rings. The summed E-state index contributed by atoms with van der Waals surface area (Å²) in [5.74, 6) is 0. The van der Waals surface area contributed by atoms with Crippen LogP contribution in [0.25, 0.3) is 0 Å². The molecule has 2 heteroatoms. The number of aldehydes is 1. The van der Waals surface area contributed by atoms with E-state index in [0.717, 1.165) is 11.1 Å². The largest absolute Gasteiger partial charge is 0.378 e. The smallest absolute Gasteiger partial charge is 0.155 e. The summed E-state index contributed by atoms with van der Waals surface area (Å²) >= 11 is 0. The summed E-state index contributed by atoms with van der Waals surface area (Å²) in [6.07, 6.45) is 0.553. The summed E-state index contributed by atoms with van der Waals surface area (Å²) in [6.45, 7) is 5.44. The highest BCUT2D eigenvalue weighted by atomic mass is 16.3. The van der Waals surface area contributed by atoms with Crippen molar-refractivity contribution in [2.75, 3.05) is 0 Å². The van der Waals surface area contributed by atoms with Gasteiger partial charge in [-0.1, -0.05) is 18.2 Å². The predicted molar refractivity (Wildman–Crippen MR) is 51.6 cm³/mol. The Labute approximate surface area is 78.2 Å². The Hall–Kier alpha value is -1.15. The summed E-state index contributed by atoms with van der Waals surface area (Å²) in [5.41, 5.74) is 1.52. The Balaban J connectivity index is 3.18. The van der Waals surface area contributed by atoms with Gasteiger partial charge in [0.05, 0.1) is 0 Å². The molecule has 0 saturated heterocycles. The van der Waals surface area contributed by atoms with Crippen LogP contribution in [-0.2, 0) is 10.4 Å². The molecule has 0 radical (unpaired) electrons. The first-order valence-corrected chi connectivity index (χ1v) is 4.24. The molecular formula is C11H14O2. The third kappa shape index (κ3) is 1.95. The van der Waals surface area contributed by atoms with Gasteiger partial charge in [0.1, 0.15) is 5.60 Å². The molecule has 0 spiro atoms. The van der Waals surface area contributed by atoms with Crippen LogP contribution in [0.3, 0.4) is 0 Å². The maximum absolute atomic E-state index is 10.6. The van der Waals surface area contributed by atoms with Gasteiger partial charge in [-0.25, -0.2) is 0 Å². The van der Waals surface area contributed by atoms with E-state index in [1.54, 1.807) is 6.07 Å². The maximum Gasteiger partial charge on any atom is 0.155 e. The molecule has 0 aliphatic heterocycles. The maximum atomic E-state index is 10.6. The second kappa shape index (κ2) is 3.30. The molecule has 0 bridgehead atoms. The molecule has 0 aromatic heterocycles. The van der Waals surface area contributed by atoms with Gasteiger partial charge in [-0.15, -0.1) is 0 Å². The van der Waals surface area contributed by atoms with Crippen molar-refractivity contribution in [2.45, 2.75) is 26.4 Å². The molecule has 2 nitrogen and oxygen atoms in total. The van der Waals surface area contributed by atoms with Crippen LogP contribution in [-0.4, -0.2) is 11.4 Å². The summed E-state index contributed by atoms with van der Waals surface area (Å²) in [5, 5.41) is 9.64. The minimum absolute atomic E-state index is 0.553. The number of rotatable bonds is 2. The topological polar surface area (TPSA) is 37.3 Å². The van der Waals surface area contributed by atoms with E-state index in [1.807, 2.05) is 26.0 Å². The van der Waals surface area contributed by atoms with Crippen LogP contribution in [0.5, 0.6) is 0 Å². The van der Waals surface area contributed by atoms with Crippen molar-refractivity contribution in [3.63, 3.8) is 0 Å². The molecule has 1 unspecified atom stereocenters. The van der Waals surface area contributed by atoms with Crippen LogP contribution >= 0.6 is 0 Å². The minimum atomic E-state index is -1.36. The summed E-state index contributed by atoms with van der Waals surface area (Å²) in [7, 11) is 0. The van der Waals surface area contributed by atoms with E-state index in [2.05, 4.69) is 0 Å². The second-order valence-corrected chi connectivity index (χ2v) is 3.56. The molecule has 0 amide bonds. The van der Waals surface area contributed by atoms with Crippen molar-refractivity contribution in [3.8, 4) is 0 Å². The number of carbonyl (C=O) groups excluding carboxylic acids is 1. The molecule has 13 heavy (non-hydrogen) atoms. The highest BCUT2D eigenvalue weighted by molar-refractivity contribution is 5.65. The van der Waals surface area contributed by atoms with E-state index in [1.165, 1.54) is 6.92 Å². The lowest BCUT2D eigenvalue weighted by atomic mass is 9.94. The molecule has 0 heterocycles. The minimum Gasteiger partial charge on any atom is -0.378 e. The predicted octanol–water partition coefficient (Wildman–Crippen LogP) is 1.71. The molecular weight excluding hydrogens is 164 g/mol. The van der Waals surface area contributed by atoms with Crippen LogP contribution in [0.4, 0.5) is 0 Å². The fourth-order valence-electron chi connectivity index (χ4n) is 1.12. The Morgan fingerprint density at radius 1 is 1.31 bits per heavy atom. The number of hydrogen-bond acceptors (Lipinski definition) is 2. The van der Waals surface area contributed by atoms with E-state index in [0.29, 0.717) is 11.8 Å². The van der Waals surface area contributed by atoms with Gasteiger partial charge in [-0.3, -0.25) is 4.79 Å². The Bertz CT molecular complexity index is 327. The molecule has 0 aliphatic carbocycles. The Morgan fingerprint density at radius 3 is 2.38 bits per heavy atom. The summed E-state index contributed by atoms with van der Waals surface area (Å²) < 4.78 is 0. The lowest BCUT2D eigenvalue weighted by Crippen LogP contribution is -2.22. The third-order valence-corrected chi connectivity index (χ3v) is 2.32. The first-order chi connectivity index (χ1) is 5.97. The monoisotopic (exact) mass is 178 g/mol. The fourth-order valence-corrected chi connectivity index (χ4v) is 1.12. The quantitative estimate of drug-likeness (QED) is 0.700. The van der Waals surface area contributed by atoms with Crippen molar-refractivity contribution in [1.29, 1.82) is 0 Å². The number of hydrogen-bond donors (Lipinski definition) is 1. The molecule has 0 aliphatic rings. The summed E-state index contributed by atoms with van der Waals surface area (Å²) in [4.78, 5) is 10.6. The average Bonchev–Trinajstić information content (AvgIpc) is 2.09. The van der Waals surface area contributed by atoms with E-state index in [-0.39, 0.29) is 0 Å². The zero-order valence-corrected chi connectivity index (χ0v) is 8.16. The van der Waals surface area contributed by atoms with Gasteiger partial charge in [-0.2, -0.15) is 0 Å².